The van der Waals surface area contributed by atoms with E-state index in [2.05, 4.69) is 48.5 Å². The summed E-state index contributed by atoms with van der Waals surface area (Å²) >= 11 is 0. The van der Waals surface area contributed by atoms with Crippen LogP contribution >= 0.6 is 0 Å². The summed E-state index contributed by atoms with van der Waals surface area (Å²) < 4.78 is 6.09. The number of esters is 1. The average molecular weight is 543 g/mol. The van der Waals surface area contributed by atoms with Gasteiger partial charge in [-0.2, -0.15) is 0 Å². The van der Waals surface area contributed by atoms with E-state index < -0.39 is 0 Å². The fraction of sp³-hybridized carbons (Fsp3) is 0.973. The minimum Gasteiger partial charge on any atom is -0.462 e. The Hall–Kier alpha value is -0.530. The molecular weight excluding hydrogens is 476 g/mol. The SMILES string of the molecule is CCCCCCCCC(=O)O[C@H]1CC[C@@]2(C)[C@@H](CC[C@@H]3[C@@H]2CC[C@]2(C)[C@@H]([C@H](C)CC[C@H](C)C(C)C)CC[C@@H]32)C1. The van der Waals surface area contributed by atoms with Crippen LogP contribution in [0.4, 0.5) is 0 Å². The molecule has 0 saturated heterocycles. The molecule has 0 spiro atoms. The molecule has 0 aromatic carbocycles. The topological polar surface area (TPSA) is 26.3 Å². The predicted molar refractivity (Wildman–Crippen MR) is 165 cm³/mol. The van der Waals surface area contributed by atoms with E-state index in [0.29, 0.717) is 17.3 Å². The van der Waals surface area contributed by atoms with Crippen molar-refractivity contribution in [3.8, 4) is 0 Å². The van der Waals surface area contributed by atoms with Gasteiger partial charge < -0.3 is 4.74 Å². The summed E-state index contributed by atoms with van der Waals surface area (Å²) in [6.07, 6.45) is 23.3. The zero-order valence-corrected chi connectivity index (χ0v) is 27.2. The maximum Gasteiger partial charge on any atom is 0.306 e. The van der Waals surface area contributed by atoms with E-state index in [0.717, 1.165) is 66.6 Å². The number of rotatable bonds is 13. The van der Waals surface area contributed by atoms with Crippen LogP contribution in [-0.4, -0.2) is 12.1 Å². The Kier molecular flexibility index (Phi) is 11.0. The molecule has 0 N–H and O–H groups in total. The quantitative estimate of drug-likeness (QED) is 0.171. The molecule has 4 fully saturated rings. The molecular formula is C37H66O2. The van der Waals surface area contributed by atoms with Crippen LogP contribution < -0.4 is 0 Å². The van der Waals surface area contributed by atoms with Crippen molar-refractivity contribution >= 4 is 5.97 Å². The van der Waals surface area contributed by atoms with Crippen molar-refractivity contribution in [1.82, 2.24) is 0 Å². The molecule has 10 atom stereocenters. The van der Waals surface area contributed by atoms with Crippen LogP contribution in [0.5, 0.6) is 0 Å². The maximum atomic E-state index is 12.6. The Balaban J connectivity index is 1.29. The number of carbonyl (C=O) groups is 1. The van der Waals surface area contributed by atoms with Crippen LogP contribution in [0.3, 0.4) is 0 Å². The zero-order valence-electron chi connectivity index (χ0n) is 27.2. The van der Waals surface area contributed by atoms with Crippen molar-refractivity contribution in [1.29, 1.82) is 0 Å². The lowest BCUT2D eigenvalue weighted by Gasteiger charge is -2.61. The Morgan fingerprint density at radius 1 is 0.795 bits per heavy atom. The number of hydrogen-bond donors (Lipinski definition) is 0. The highest BCUT2D eigenvalue weighted by Crippen LogP contribution is 2.68. The van der Waals surface area contributed by atoms with Gasteiger partial charge in [0.05, 0.1) is 0 Å². The first-order valence-electron chi connectivity index (χ1n) is 17.8. The second-order valence-electron chi connectivity index (χ2n) is 16.1. The van der Waals surface area contributed by atoms with E-state index >= 15 is 0 Å². The van der Waals surface area contributed by atoms with Crippen molar-refractivity contribution in [3.05, 3.63) is 0 Å². The van der Waals surface area contributed by atoms with E-state index in [1.165, 1.54) is 89.9 Å². The molecule has 0 unspecified atom stereocenters. The van der Waals surface area contributed by atoms with Crippen molar-refractivity contribution in [3.63, 3.8) is 0 Å². The fourth-order valence-corrected chi connectivity index (χ4v) is 10.7. The van der Waals surface area contributed by atoms with E-state index in [4.69, 9.17) is 4.74 Å². The largest absolute Gasteiger partial charge is 0.462 e. The van der Waals surface area contributed by atoms with Gasteiger partial charge in [-0.1, -0.05) is 93.4 Å². The van der Waals surface area contributed by atoms with Crippen molar-refractivity contribution in [2.45, 2.75) is 170 Å². The monoisotopic (exact) mass is 543 g/mol. The third kappa shape index (κ3) is 6.93. The molecule has 0 bridgehead atoms. The summed E-state index contributed by atoms with van der Waals surface area (Å²) in [5.74, 6) is 7.14. The Morgan fingerprint density at radius 2 is 1.49 bits per heavy atom. The summed E-state index contributed by atoms with van der Waals surface area (Å²) in [7, 11) is 0. The van der Waals surface area contributed by atoms with Gasteiger partial charge >= 0.3 is 5.97 Å². The van der Waals surface area contributed by atoms with E-state index in [-0.39, 0.29) is 12.1 Å². The van der Waals surface area contributed by atoms with E-state index in [1.54, 1.807) is 0 Å². The van der Waals surface area contributed by atoms with Gasteiger partial charge in [-0.15, -0.1) is 0 Å². The number of carbonyl (C=O) groups excluding carboxylic acids is 1. The van der Waals surface area contributed by atoms with Gasteiger partial charge in [0.15, 0.2) is 0 Å². The molecule has 0 amide bonds. The average Bonchev–Trinajstić information content (AvgIpc) is 3.26. The van der Waals surface area contributed by atoms with Gasteiger partial charge in [0.25, 0.3) is 0 Å². The number of unbranched alkanes of at least 4 members (excludes halogenated alkanes) is 5. The van der Waals surface area contributed by atoms with Gasteiger partial charge in [0.2, 0.25) is 0 Å². The normalized spacial score (nSPS) is 39.5. The highest BCUT2D eigenvalue weighted by molar-refractivity contribution is 5.69. The first-order chi connectivity index (χ1) is 18.6. The summed E-state index contributed by atoms with van der Waals surface area (Å²) in [5.41, 5.74) is 1.05. The second kappa shape index (κ2) is 13.6. The molecule has 4 aliphatic rings. The molecule has 2 heteroatoms. The molecule has 0 radical (unpaired) electrons. The van der Waals surface area contributed by atoms with Crippen molar-refractivity contribution < 1.29 is 9.53 Å². The van der Waals surface area contributed by atoms with Crippen LogP contribution in [-0.2, 0) is 9.53 Å². The van der Waals surface area contributed by atoms with Crippen LogP contribution in [0.15, 0.2) is 0 Å². The smallest absolute Gasteiger partial charge is 0.306 e. The Labute approximate surface area is 243 Å². The van der Waals surface area contributed by atoms with Gasteiger partial charge in [-0.25, -0.2) is 0 Å². The molecule has 0 heterocycles. The van der Waals surface area contributed by atoms with Crippen LogP contribution in [0.1, 0.15) is 164 Å². The lowest BCUT2D eigenvalue weighted by Crippen LogP contribution is -2.54. The van der Waals surface area contributed by atoms with Gasteiger partial charge in [-0.3, -0.25) is 4.79 Å². The Bertz CT molecular complexity index is 773. The minimum atomic E-state index is 0.0788. The lowest BCUT2D eigenvalue weighted by molar-refractivity contribution is -0.162. The fourth-order valence-electron chi connectivity index (χ4n) is 10.7. The van der Waals surface area contributed by atoms with Crippen molar-refractivity contribution in [2.75, 3.05) is 0 Å². The van der Waals surface area contributed by atoms with Crippen LogP contribution in [0, 0.1) is 58.2 Å². The summed E-state index contributed by atoms with van der Waals surface area (Å²) in [6, 6.07) is 0. The lowest BCUT2D eigenvalue weighted by atomic mass is 9.44. The first kappa shape index (κ1) is 31.4. The molecule has 4 saturated carbocycles. The summed E-state index contributed by atoms with van der Waals surface area (Å²) in [6.45, 7) is 17.5. The molecule has 0 aromatic heterocycles. The first-order valence-corrected chi connectivity index (χ1v) is 17.8. The molecule has 39 heavy (non-hydrogen) atoms. The van der Waals surface area contributed by atoms with Gasteiger partial charge in [-0.05, 0) is 122 Å². The predicted octanol–water partition coefficient (Wildman–Crippen LogP) is 11.0. The number of fused-ring (bicyclic) bond motifs is 5. The summed E-state index contributed by atoms with van der Waals surface area (Å²) in [4.78, 5) is 12.6. The van der Waals surface area contributed by atoms with Gasteiger partial charge in [0.1, 0.15) is 6.10 Å². The van der Waals surface area contributed by atoms with Gasteiger partial charge in [0, 0.05) is 6.42 Å². The van der Waals surface area contributed by atoms with Crippen LogP contribution in [0.2, 0.25) is 0 Å². The number of hydrogen-bond acceptors (Lipinski definition) is 2. The van der Waals surface area contributed by atoms with E-state index in [1.807, 2.05) is 0 Å². The second-order valence-corrected chi connectivity index (χ2v) is 16.1. The molecule has 0 aromatic rings. The Morgan fingerprint density at radius 3 is 2.23 bits per heavy atom. The summed E-state index contributed by atoms with van der Waals surface area (Å²) in [5, 5.41) is 0. The number of ether oxygens (including phenoxy) is 1. The minimum absolute atomic E-state index is 0.0788. The molecule has 226 valence electrons. The molecule has 4 rings (SSSR count). The van der Waals surface area contributed by atoms with Crippen molar-refractivity contribution in [2.24, 2.45) is 58.2 Å². The van der Waals surface area contributed by atoms with E-state index in [9.17, 15) is 4.79 Å². The van der Waals surface area contributed by atoms with Crippen LogP contribution in [0.25, 0.3) is 0 Å². The molecule has 2 nitrogen and oxygen atoms in total. The zero-order chi connectivity index (χ0) is 28.2. The third-order valence-corrected chi connectivity index (χ3v) is 13.6. The highest BCUT2D eigenvalue weighted by atomic mass is 16.5. The molecule has 4 aliphatic carbocycles. The molecule has 0 aliphatic heterocycles. The maximum absolute atomic E-state index is 12.6. The highest BCUT2D eigenvalue weighted by Gasteiger charge is 2.60. The third-order valence-electron chi connectivity index (χ3n) is 13.6. The standard InChI is InChI=1S/C37H66O2/c1-8-9-10-11-12-13-14-35(38)39-30-21-23-36(6)29(25-30)17-18-31-33-20-19-32(37(33,7)24-22-34(31)36)28(5)16-15-27(4)26(2)3/h26-34H,8-25H2,1-7H3/t27-,28+,29-,30-,31-,32+,33-,34-,36-,37+/m0/s1.